The van der Waals surface area contributed by atoms with Crippen LogP contribution in [0.5, 0.6) is 0 Å². The topological polar surface area (TPSA) is 93.4 Å². The Morgan fingerprint density at radius 1 is 1.27 bits per heavy atom. The summed E-state index contributed by atoms with van der Waals surface area (Å²) in [7, 11) is -3.90. The molecule has 1 atom stereocenters. The molecule has 0 aliphatic carbocycles. The van der Waals surface area contributed by atoms with E-state index in [0.29, 0.717) is 18.5 Å². The number of halogens is 1. The van der Waals surface area contributed by atoms with Crippen molar-refractivity contribution in [2.24, 2.45) is 5.14 Å². The van der Waals surface area contributed by atoms with Crippen LogP contribution in [0.3, 0.4) is 0 Å². The monoisotopic (exact) mass is 377 g/mol. The van der Waals surface area contributed by atoms with Gasteiger partial charge in [-0.25, -0.2) is 22.9 Å². The van der Waals surface area contributed by atoms with Crippen LogP contribution in [0.15, 0.2) is 47.6 Å². The van der Waals surface area contributed by atoms with Crippen molar-refractivity contribution in [1.29, 1.82) is 0 Å². The molecule has 1 unspecified atom stereocenters. The van der Waals surface area contributed by atoms with E-state index in [1.54, 1.807) is 17.0 Å². The molecule has 138 valence electrons. The number of aromatic nitrogens is 1. The van der Waals surface area contributed by atoms with Crippen molar-refractivity contribution in [3.8, 4) is 0 Å². The molecule has 0 bridgehead atoms. The Bertz CT molecular complexity index is 914. The van der Waals surface area contributed by atoms with Crippen LogP contribution in [0.25, 0.3) is 0 Å². The van der Waals surface area contributed by atoms with Crippen LogP contribution in [0, 0.1) is 5.82 Å². The van der Waals surface area contributed by atoms with E-state index in [2.05, 4.69) is 4.98 Å². The van der Waals surface area contributed by atoms with E-state index < -0.39 is 15.6 Å². The molecule has 1 aromatic carbocycles. The first-order valence-electron chi connectivity index (χ1n) is 8.24. The molecule has 1 saturated heterocycles. The van der Waals surface area contributed by atoms with Crippen LogP contribution >= 0.6 is 0 Å². The van der Waals surface area contributed by atoms with E-state index in [1.165, 1.54) is 30.5 Å². The molecular formula is C18H20FN3O3S. The van der Waals surface area contributed by atoms with E-state index in [-0.39, 0.29) is 16.8 Å². The number of hydrogen-bond acceptors (Lipinski definition) is 4. The Morgan fingerprint density at radius 2 is 1.96 bits per heavy atom. The number of rotatable bonds is 4. The highest BCUT2D eigenvalue weighted by Crippen LogP contribution is 2.33. The zero-order valence-corrected chi connectivity index (χ0v) is 15.2. The first-order valence-corrected chi connectivity index (χ1v) is 9.79. The van der Waals surface area contributed by atoms with E-state index in [0.717, 1.165) is 18.4 Å². The van der Waals surface area contributed by atoms with Crippen molar-refractivity contribution < 1.29 is 17.6 Å². The third kappa shape index (κ3) is 3.76. The van der Waals surface area contributed by atoms with Gasteiger partial charge in [0.05, 0.1) is 5.56 Å². The minimum atomic E-state index is -3.90. The minimum absolute atomic E-state index is 0.208. The molecule has 2 heterocycles. The highest BCUT2D eigenvalue weighted by Gasteiger charge is 2.40. The minimum Gasteiger partial charge on any atom is -0.333 e. The van der Waals surface area contributed by atoms with Gasteiger partial charge in [0, 0.05) is 18.3 Å². The van der Waals surface area contributed by atoms with Gasteiger partial charge >= 0.3 is 0 Å². The fourth-order valence-electron chi connectivity index (χ4n) is 3.43. The summed E-state index contributed by atoms with van der Waals surface area (Å²) in [6.45, 7) is 2.61. The predicted octanol–water partition coefficient (Wildman–Crippen LogP) is 2.11. The number of likely N-dealkylation sites (tertiary alicyclic amines) is 1. The van der Waals surface area contributed by atoms with Crippen molar-refractivity contribution in [1.82, 2.24) is 9.88 Å². The third-order valence-corrected chi connectivity index (χ3v) is 5.59. The van der Waals surface area contributed by atoms with Gasteiger partial charge in [0.15, 0.2) is 5.03 Å². The number of carbonyl (C=O) groups is 1. The molecule has 6 nitrogen and oxygen atoms in total. The van der Waals surface area contributed by atoms with E-state index >= 15 is 0 Å². The van der Waals surface area contributed by atoms with Gasteiger partial charge in [-0.2, -0.15) is 0 Å². The maximum absolute atomic E-state index is 13.1. The molecular weight excluding hydrogens is 357 g/mol. The summed E-state index contributed by atoms with van der Waals surface area (Å²) in [5.74, 6) is -0.500. The number of amides is 1. The van der Waals surface area contributed by atoms with Crippen LogP contribution in [0.1, 0.15) is 35.7 Å². The molecule has 1 aliphatic heterocycles. The van der Waals surface area contributed by atoms with Crippen LogP contribution in [-0.2, 0) is 16.4 Å². The second-order valence-electron chi connectivity index (χ2n) is 6.79. The van der Waals surface area contributed by atoms with Gasteiger partial charge in [0.25, 0.3) is 15.9 Å². The van der Waals surface area contributed by atoms with Gasteiger partial charge in [-0.3, -0.25) is 4.79 Å². The van der Waals surface area contributed by atoms with Gasteiger partial charge in [0.2, 0.25) is 0 Å². The molecule has 0 radical (unpaired) electrons. The molecule has 26 heavy (non-hydrogen) atoms. The average Bonchev–Trinajstić information content (AvgIpc) is 2.97. The van der Waals surface area contributed by atoms with Gasteiger partial charge in [-0.15, -0.1) is 0 Å². The lowest BCUT2D eigenvalue weighted by Crippen LogP contribution is -2.46. The van der Waals surface area contributed by atoms with E-state index in [1.807, 2.05) is 6.92 Å². The summed E-state index contributed by atoms with van der Waals surface area (Å²) in [5.41, 5.74) is 0.869. The van der Waals surface area contributed by atoms with Crippen LogP contribution in [0.2, 0.25) is 0 Å². The number of carbonyl (C=O) groups excluding carboxylic acids is 1. The SMILES string of the molecule is CC1(Cc2ccc(F)cc2)CCCN1C(=O)c1ccc(S(N)(=O)=O)nc1. The van der Waals surface area contributed by atoms with Gasteiger partial charge in [-0.05, 0) is 56.0 Å². The summed E-state index contributed by atoms with van der Waals surface area (Å²) in [5, 5.41) is 4.76. The number of hydrogen-bond donors (Lipinski definition) is 1. The summed E-state index contributed by atoms with van der Waals surface area (Å²) < 4.78 is 35.7. The van der Waals surface area contributed by atoms with E-state index in [9.17, 15) is 17.6 Å². The zero-order chi connectivity index (χ0) is 18.9. The van der Waals surface area contributed by atoms with Crippen molar-refractivity contribution >= 4 is 15.9 Å². The second-order valence-corrected chi connectivity index (χ2v) is 8.30. The molecule has 1 aliphatic rings. The van der Waals surface area contributed by atoms with Crippen molar-refractivity contribution in [2.45, 2.75) is 36.8 Å². The quantitative estimate of drug-likeness (QED) is 0.883. The average molecular weight is 377 g/mol. The molecule has 0 saturated carbocycles. The fraction of sp³-hybridized carbons (Fsp3) is 0.333. The molecule has 0 spiro atoms. The molecule has 2 N–H and O–H groups in total. The summed E-state index contributed by atoms with van der Waals surface area (Å²) in [4.78, 5) is 18.5. The lowest BCUT2D eigenvalue weighted by molar-refractivity contribution is 0.0624. The first-order chi connectivity index (χ1) is 12.2. The number of nitrogens with zero attached hydrogens (tertiary/aromatic N) is 2. The largest absolute Gasteiger partial charge is 0.333 e. The summed E-state index contributed by atoms with van der Waals surface area (Å²) in [6.07, 6.45) is 3.55. The Labute approximate surface area is 151 Å². The van der Waals surface area contributed by atoms with Gasteiger partial charge in [-0.1, -0.05) is 12.1 Å². The predicted molar refractivity (Wildman–Crippen MR) is 94.4 cm³/mol. The Hall–Kier alpha value is -2.32. The zero-order valence-electron chi connectivity index (χ0n) is 14.4. The van der Waals surface area contributed by atoms with Crippen LogP contribution in [0.4, 0.5) is 4.39 Å². The smallest absolute Gasteiger partial charge is 0.255 e. The molecule has 1 amide bonds. The maximum Gasteiger partial charge on any atom is 0.255 e. The van der Waals surface area contributed by atoms with Crippen LogP contribution < -0.4 is 5.14 Å². The van der Waals surface area contributed by atoms with Crippen molar-refractivity contribution in [2.75, 3.05) is 6.54 Å². The van der Waals surface area contributed by atoms with Gasteiger partial charge < -0.3 is 4.90 Å². The summed E-state index contributed by atoms with van der Waals surface area (Å²) in [6, 6.07) is 8.93. The summed E-state index contributed by atoms with van der Waals surface area (Å²) >= 11 is 0. The molecule has 8 heteroatoms. The lowest BCUT2D eigenvalue weighted by atomic mass is 9.90. The molecule has 1 aromatic heterocycles. The number of benzene rings is 1. The van der Waals surface area contributed by atoms with Crippen molar-refractivity contribution in [3.63, 3.8) is 0 Å². The fourth-order valence-corrected chi connectivity index (χ4v) is 3.88. The number of sulfonamides is 1. The molecule has 3 rings (SSSR count). The highest BCUT2D eigenvalue weighted by atomic mass is 32.2. The van der Waals surface area contributed by atoms with Gasteiger partial charge in [0.1, 0.15) is 5.82 Å². The maximum atomic E-state index is 13.1. The lowest BCUT2D eigenvalue weighted by Gasteiger charge is -2.35. The normalized spacial score (nSPS) is 20.3. The Balaban J connectivity index is 1.82. The molecule has 1 fully saturated rings. The third-order valence-electron chi connectivity index (χ3n) is 4.77. The second kappa shape index (κ2) is 6.77. The van der Waals surface area contributed by atoms with Crippen LogP contribution in [-0.4, -0.2) is 36.3 Å². The molecule has 2 aromatic rings. The van der Waals surface area contributed by atoms with E-state index in [4.69, 9.17) is 5.14 Å². The Kier molecular flexibility index (Phi) is 4.81. The first kappa shape index (κ1) is 18.5. The number of nitrogens with two attached hydrogens (primary N) is 1. The van der Waals surface area contributed by atoms with Crippen molar-refractivity contribution in [3.05, 3.63) is 59.5 Å². The number of pyridine rings is 1. The standard InChI is InChI=1S/C18H20FN3O3S/c1-18(11-13-3-6-15(19)7-4-13)9-2-10-22(18)17(23)14-5-8-16(21-12-14)26(20,24)25/h3-8,12H,2,9-11H2,1H3,(H2,20,24,25). The highest BCUT2D eigenvalue weighted by molar-refractivity contribution is 7.89. The Morgan fingerprint density at radius 3 is 2.54 bits per heavy atom. The number of primary sulfonamides is 1.